The van der Waals surface area contributed by atoms with Crippen LogP contribution in [-0.4, -0.2) is 51.0 Å². The van der Waals surface area contributed by atoms with Crippen LogP contribution in [0.3, 0.4) is 0 Å². The normalized spacial score (nSPS) is 29.0. The number of carbonyl (C=O) groups is 2. The van der Waals surface area contributed by atoms with Crippen LogP contribution < -0.4 is 5.32 Å². The van der Waals surface area contributed by atoms with E-state index in [4.69, 9.17) is 4.98 Å². The fraction of sp³-hybridized carbons (Fsp3) is 0.615. The highest BCUT2D eigenvalue weighted by Crippen LogP contribution is 2.57. The number of pyridine rings is 1. The molecule has 0 unspecified atom stereocenters. The van der Waals surface area contributed by atoms with Gasteiger partial charge in [0.15, 0.2) is 5.13 Å². The number of carbonyl (C=O) groups excluding carboxylic acids is 2. The third kappa shape index (κ3) is 4.38. The maximum Gasteiger partial charge on any atom is 0.257 e. The van der Waals surface area contributed by atoms with Gasteiger partial charge >= 0.3 is 0 Å². The van der Waals surface area contributed by atoms with Crippen LogP contribution in [-0.2, 0) is 11.2 Å². The maximum atomic E-state index is 13.1. The van der Waals surface area contributed by atoms with Crippen molar-refractivity contribution in [2.24, 2.45) is 23.2 Å². The number of anilines is 1. The van der Waals surface area contributed by atoms with Crippen molar-refractivity contribution in [2.75, 3.05) is 18.4 Å². The number of amides is 2. The molecule has 0 bridgehead atoms. The number of aliphatic hydroxyl groups excluding tert-OH is 1. The molecule has 2 aliphatic rings. The number of nitrogens with zero attached hydrogens (tertiary/aromatic N) is 3. The molecule has 2 amide bonds. The van der Waals surface area contributed by atoms with Gasteiger partial charge in [-0.15, -0.1) is 11.3 Å². The molecule has 2 N–H and O–H groups in total. The standard InChI is InChI=1S/C26H36N4O3S/c1-6-30(7-2)24(33)15(3)18-8-11-26(5)14-19-21(16(4)20(26)22(18)31)28-25(34-19)29-23(32)17-9-12-27-13-10-17/h9-10,12-13,15-16,18,20,22,31H,6-8,11,14H2,1-5H3,(H,28,29,32)/t15-,16-,18-,20+,22-,26+/m0/s1. The second kappa shape index (κ2) is 9.74. The topological polar surface area (TPSA) is 95.4 Å². The Labute approximate surface area is 206 Å². The molecule has 0 spiro atoms. The number of aromatic nitrogens is 2. The number of hydrogen-bond donors (Lipinski definition) is 2. The van der Waals surface area contributed by atoms with Gasteiger partial charge in [-0.2, -0.15) is 0 Å². The predicted octanol–water partition coefficient (Wildman–Crippen LogP) is 4.35. The largest absolute Gasteiger partial charge is 0.392 e. The quantitative estimate of drug-likeness (QED) is 0.636. The number of fused-ring (bicyclic) bond motifs is 2. The maximum absolute atomic E-state index is 13.1. The van der Waals surface area contributed by atoms with Crippen molar-refractivity contribution in [1.29, 1.82) is 0 Å². The van der Waals surface area contributed by atoms with Gasteiger partial charge in [0.05, 0.1) is 11.8 Å². The van der Waals surface area contributed by atoms with Gasteiger partial charge in [0.2, 0.25) is 5.91 Å². The van der Waals surface area contributed by atoms with Crippen molar-refractivity contribution >= 4 is 28.3 Å². The van der Waals surface area contributed by atoms with E-state index in [-0.39, 0.29) is 40.9 Å². The van der Waals surface area contributed by atoms with Crippen LogP contribution in [0.25, 0.3) is 0 Å². The second-order valence-electron chi connectivity index (χ2n) is 10.2. The Bertz CT molecular complexity index is 1040. The van der Waals surface area contributed by atoms with Gasteiger partial charge in [-0.1, -0.05) is 20.8 Å². The summed E-state index contributed by atoms with van der Waals surface area (Å²) < 4.78 is 0. The van der Waals surface area contributed by atoms with Crippen molar-refractivity contribution in [3.8, 4) is 0 Å². The van der Waals surface area contributed by atoms with E-state index in [1.807, 2.05) is 25.7 Å². The first-order chi connectivity index (χ1) is 16.2. The van der Waals surface area contributed by atoms with Crippen LogP contribution >= 0.6 is 11.3 Å². The Hall–Kier alpha value is -2.32. The molecule has 0 radical (unpaired) electrons. The van der Waals surface area contributed by atoms with Gasteiger partial charge in [-0.05, 0) is 62.5 Å². The molecular weight excluding hydrogens is 448 g/mol. The van der Waals surface area contributed by atoms with Crippen molar-refractivity contribution in [3.63, 3.8) is 0 Å². The molecule has 2 aliphatic carbocycles. The summed E-state index contributed by atoms with van der Waals surface area (Å²) in [5.74, 6) is -0.259. The van der Waals surface area contributed by atoms with E-state index in [1.54, 1.807) is 24.5 Å². The van der Waals surface area contributed by atoms with Crippen LogP contribution in [0.2, 0.25) is 0 Å². The lowest BCUT2D eigenvalue weighted by Crippen LogP contribution is -2.53. The zero-order valence-electron chi connectivity index (χ0n) is 20.7. The van der Waals surface area contributed by atoms with E-state index in [9.17, 15) is 14.7 Å². The van der Waals surface area contributed by atoms with Crippen LogP contribution in [0.1, 0.15) is 74.3 Å². The fourth-order valence-electron chi connectivity index (χ4n) is 6.28. The first-order valence-corrected chi connectivity index (χ1v) is 13.2. The van der Waals surface area contributed by atoms with Gasteiger partial charge in [-0.25, -0.2) is 4.98 Å². The average molecular weight is 485 g/mol. The predicted molar refractivity (Wildman–Crippen MR) is 134 cm³/mol. The Morgan fingerprint density at radius 3 is 2.62 bits per heavy atom. The van der Waals surface area contributed by atoms with Crippen LogP contribution in [0.4, 0.5) is 5.13 Å². The van der Waals surface area contributed by atoms with Crippen LogP contribution in [0, 0.1) is 23.2 Å². The van der Waals surface area contributed by atoms with Crippen LogP contribution in [0.5, 0.6) is 0 Å². The second-order valence-corrected chi connectivity index (χ2v) is 11.2. The highest BCUT2D eigenvalue weighted by atomic mass is 32.1. The molecule has 4 rings (SSSR count). The monoisotopic (exact) mass is 484 g/mol. The lowest BCUT2D eigenvalue weighted by molar-refractivity contribution is -0.144. The molecule has 6 atom stereocenters. The van der Waals surface area contributed by atoms with Gasteiger partial charge in [-0.3, -0.25) is 19.9 Å². The highest BCUT2D eigenvalue weighted by Gasteiger charge is 2.54. The molecule has 2 heterocycles. The molecule has 8 heteroatoms. The van der Waals surface area contributed by atoms with Gasteiger partial charge in [0, 0.05) is 47.8 Å². The van der Waals surface area contributed by atoms with Gasteiger partial charge < -0.3 is 10.0 Å². The fourth-order valence-corrected chi connectivity index (χ4v) is 7.54. The Morgan fingerprint density at radius 1 is 1.29 bits per heavy atom. The molecule has 7 nitrogen and oxygen atoms in total. The van der Waals surface area contributed by atoms with E-state index in [0.29, 0.717) is 23.8 Å². The Morgan fingerprint density at radius 2 is 1.97 bits per heavy atom. The molecule has 1 fully saturated rings. The summed E-state index contributed by atoms with van der Waals surface area (Å²) in [6.45, 7) is 11.8. The lowest BCUT2D eigenvalue weighted by Gasteiger charge is -2.53. The molecule has 184 valence electrons. The molecule has 2 aromatic heterocycles. The summed E-state index contributed by atoms with van der Waals surface area (Å²) in [5, 5.41) is 15.1. The minimum Gasteiger partial charge on any atom is -0.392 e. The number of hydrogen-bond acceptors (Lipinski definition) is 6. The first kappa shape index (κ1) is 24.8. The van der Waals surface area contributed by atoms with E-state index in [1.165, 1.54) is 16.2 Å². The third-order valence-corrected chi connectivity index (χ3v) is 9.18. The van der Waals surface area contributed by atoms with Gasteiger partial charge in [0.1, 0.15) is 0 Å². The molecule has 34 heavy (non-hydrogen) atoms. The summed E-state index contributed by atoms with van der Waals surface area (Å²) in [7, 11) is 0. The Kier molecular flexibility index (Phi) is 7.10. The zero-order valence-corrected chi connectivity index (χ0v) is 21.6. The smallest absolute Gasteiger partial charge is 0.257 e. The lowest BCUT2D eigenvalue weighted by atomic mass is 9.53. The Balaban J connectivity index is 1.55. The first-order valence-electron chi connectivity index (χ1n) is 12.4. The SMILES string of the molecule is CCN(CC)C(=O)[C@@H](C)[C@@H]1CC[C@]2(C)Cc3sc(NC(=O)c4ccncc4)nc3[C@@H](C)[C@@H]2[C@H]1O. The van der Waals surface area contributed by atoms with E-state index in [2.05, 4.69) is 24.1 Å². The summed E-state index contributed by atoms with van der Waals surface area (Å²) in [4.78, 5) is 37.5. The summed E-state index contributed by atoms with van der Waals surface area (Å²) in [6.07, 6.45) is 5.28. The molecule has 0 aliphatic heterocycles. The number of rotatable bonds is 6. The minimum absolute atomic E-state index is 0.0246. The van der Waals surface area contributed by atoms with Crippen molar-refractivity contribution < 1.29 is 14.7 Å². The van der Waals surface area contributed by atoms with Crippen LogP contribution in [0.15, 0.2) is 24.5 Å². The number of nitrogens with one attached hydrogen (secondary N) is 1. The summed E-state index contributed by atoms with van der Waals surface area (Å²) in [5.41, 5.74) is 1.46. The van der Waals surface area contributed by atoms with E-state index < -0.39 is 6.10 Å². The summed E-state index contributed by atoms with van der Waals surface area (Å²) in [6, 6.07) is 3.36. The zero-order chi connectivity index (χ0) is 24.6. The molecule has 0 aromatic carbocycles. The molecule has 0 saturated heterocycles. The number of aliphatic hydroxyl groups is 1. The van der Waals surface area contributed by atoms with Crippen molar-refractivity contribution in [1.82, 2.24) is 14.9 Å². The minimum atomic E-state index is -0.562. The van der Waals surface area contributed by atoms with E-state index >= 15 is 0 Å². The van der Waals surface area contributed by atoms with Crippen molar-refractivity contribution in [2.45, 2.75) is 65.9 Å². The van der Waals surface area contributed by atoms with E-state index in [0.717, 1.165) is 25.0 Å². The van der Waals surface area contributed by atoms with Gasteiger partial charge in [0.25, 0.3) is 5.91 Å². The number of thiazole rings is 1. The highest BCUT2D eigenvalue weighted by molar-refractivity contribution is 7.15. The average Bonchev–Trinajstić information content (AvgIpc) is 3.21. The molecule has 2 aromatic rings. The molecular formula is C26H36N4O3S. The summed E-state index contributed by atoms with van der Waals surface area (Å²) >= 11 is 1.54. The third-order valence-electron chi connectivity index (χ3n) is 8.19. The molecule has 1 saturated carbocycles. The van der Waals surface area contributed by atoms with Crippen molar-refractivity contribution in [3.05, 3.63) is 40.7 Å².